The topological polar surface area (TPSA) is 0 Å². The fourth-order valence-corrected chi connectivity index (χ4v) is 7.32. The Morgan fingerprint density at radius 3 is 0.827 bits per heavy atom. The Balaban J connectivity index is 0.000000434. The fraction of sp³-hybridized carbons (Fsp3) is 0.280. The van der Waals surface area contributed by atoms with Crippen LogP contribution in [-0.2, 0) is 0 Å². The van der Waals surface area contributed by atoms with Gasteiger partial charge in [-0.2, -0.15) is 0 Å². The van der Waals surface area contributed by atoms with Crippen LogP contribution in [0.4, 0.5) is 0 Å². The predicted molar refractivity (Wildman–Crippen MR) is 337 cm³/mol. The van der Waals surface area contributed by atoms with Crippen LogP contribution >= 0.6 is 0 Å². The number of rotatable bonds is 0. The van der Waals surface area contributed by atoms with Crippen LogP contribution in [0.5, 0.6) is 0 Å². The van der Waals surface area contributed by atoms with Crippen LogP contribution in [0.1, 0.15) is 120 Å². The molecule has 75 heavy (non-hydrogen) atoms. The molecule has 0 aliphatic rings. The van der Waals surface area contributed by atoms with Gasteiger partial charge in [0, 0.05) is 0 Å². The summed E-state index contributed by atoms with van der Waals surface area (Å²) in [4.78, 5) is 0. The molecule has 0 heteroatoms. The molecule has 0 aliphatic carbocycles. The third-order valence-electron chi connectivity index (χ3n) is 12.5. The summed E-state index contributed by atoms with van der Waals surface area (Å²) in [6.45, 7) is 44.4. The van der Waals surface area contributed by atoms with Gasteiger partial charge in [0.2, 0.25) is 0 Å². The van der Waals surface area contributed by atoms with E-state index in [-0.39, 0.29) is 0 Å². The first-order valence-corrected chi connectivity index (χ1v) is 26.5. The van der Waals surface area contributed by atoms with E-state index in [2.05, 4.69) is 271 Å². The van der Waals surface area contributed by atoms with Gasteiger partial charge in [-0.1, -0.05) is 261 Å². The van der Waals surface area contributed by atoms with Gasteiger partial charge in [-0.15, -0.1) is 0 Å². The third kappa shape index (κ3) is 31.4. The number of hydrogen-bond acceptors (Lipinski definition) is 0. The largest absolute Gasteiger partial charge is 0.0625 e. The molecule has 0 N–H and O–H groups in total. The van der Waals surface area contributed by atoms with Gasteiger partial charge in [-0.3, -0.25) is 0 Å². The molecule has 0 atom stereocenters. The molecule has 0 aliphatic heterocycles. The van der Waals surface area contributed by atoms with Gasteiger partial charge in [0.05, 0.1) is 2.74 Å². The van der Waals surface area contributed by atoms with Crippen molar-refractivity contribution in [3.05, 3.63) is 317 Å². The molecular weight excluding hydrogens is 901 g/mol. The second kappa shape index (κ2) is 36.8. The van der Waals surface area contributed by atoms with E-state index in [0.29, 0.717) is 12.1 Å². The molecule has 9 aromatic rings. The van der Waals surface area contributed by atoms with Gasteiger partial charge in [-0.05, 0) is 201 Å². The Labute approximate surface area is 462 Å². The van der Waals surface area contributed by atoms with Crippen molar-refractivity contribution < 1.29 is 2.74 Å². The molecule has 0 amide bonds. The van der Waals surface area contributed by atoms with Crippen LogP contribution in [0.3, 0.4) is 0 Å². The van der Waals surface area contributed by atoms with Gasteiger partial charge in [0.15, 0.2) is 0 Å². The Morgan fingerprint density at radius 2 is 0.493 bits per heavy atom. The molecule has 0 bridgehead atoms. The number of aryl methyl sites for hydroxylation is 19. The van der Waals surface area contributed by atoms with Crippen LogP contribution in [0, 0.1) is 145 Å². The summed E-state index contributed by atoms with van der Waals surface area (Å²) in [5.74, 6) is 0. The Hall–Kier alpha value is -7.02. The summed E-state index contributed by atoms with van der Waals surface area (Å²) in [5.41, 5.74) is 28.2. The summed E-state index contributed by atoms with van der Waals surface area (Å²) in [6, 6.07) is 65.4. The van der Waals surface area contributed by atoms with E-state index in [4.69, 9.17) is 2.74 Å². The van der Waals surface area contributed by atoms with Crippen LogP contribution in [0.2, 0.25) is 0 Å². The highest BCUT2D eigenvalue weighted by molar-refractivity contribution is 5.36. The summed E-state index contributed by atoms with van der Waals surface area (Å²) in [6.07, 6.45) is 0. The average Bonchev–Trinajstić information content (AvgIpc) is 3.35. The lowest BCUT2D eigenvalue weighted by Gasteiger charge is -2.04. The summed E-state index contributed by atoms with van der Waals surface area (Å²) >= 11 is 0. The van der Waals surface area contributed by atoms with E-state index in [1.807, 2.05) is 50.2 Å². The predicted octanol–water partition coefficient (Wildman–Crippen LogP) is 21.7. The molecule has 0 nitrogen and oxygen atoms in total. The highest BCUT2D eigenvalue weighted by Gasteiger charge is 1.96. The van der Waals surface area contributed by atoms with E-state index in [1.165, 1.54) is 106 Å². The summed E-state index contributed by atoms with van der Waals surface area (Å²) in [7, 11) is 0. The molecule has 0 aromatic heterocycles. The van der Waals surface area contributed by atoms with Gasteiger partial charge < -0.3 is 0 Å². The maximum Gasteiger partial charge on any atom is 0.0625 e. The Kier molecular flexibility index (Phi) is 30.6. The van der Waals surface area contributed by atoms with Crippen molar-refractivity contribution >= 4 is 0 Å². The van der Waals surface area contributed by atoms with Crippen LogP contribution < -0.4 is 0 Å². The lowest BCUT2D eigenvalue weighted by Crippen LogP contribution is -1.86. The highest BCUT2D eigenvalue weighted by atomic mass is 14.0. The zero-order chi connectivity index (χ0) is 58.2. The van der Waals surface area contributed by atoms with Crippen molar-refractivity contribution in [3.8, 4) is 0 Å². The highest BCUT2D eigenvalue weighted by Crippen LogP contribution is 2.14. The molecular formula is C75H96. The van der Waals surface area contributed by atoms with Crippen LogP contribution in [0.25, 0.3) is 0 Å². The van der Waals surface area contributed by atoms with Crippen molar-refractivity contribution in [1.29, 1.82) is 0 Å². The van der Waals surface area contributed by atoms with Crippen LogP contribution in [-0.4, -0.2) is 0 Å². The molecule has 0 fully saturated rings. The first-order chi connectivity index (χ1) is 36.2. The molecule has 0 radical (unpaired) electrons. The zero-order valence-electron chi connectivity index (χ0n) is 52.4. The van der Waals surface area contributed by atoms with Crippen molar-refractivity contribution in [2.24, 2.45) is 0 Å². The molecule has 9 rings (SSSR count). The Morgan fingerprint density at radius 1 is 0.187 bits per heavy atom. The van der Waals surface area contributed by atoms with Gasteiger partial charge in [0.1, 0.15) is 0 Å². The van der Waals surface area contributed by atoms with Gasteiger partial charge in [0.25, 0.3) is 0 Å². The quantitative estimate of drug-likeness (QED) is 0.142. The minimum absolute atomic E-state index is 0.588. The molecule has 0 spiro atoms. The maximum atomic E-state index is 7.22. The van der Waals surface area contributed by atoms with E-state index in [1.54, 1.807) is 12.1 Å². The van der Waals surface area contributed by atoms with Gasteiger partial charge >= 0.3 is 0 Å². The number of benzene rings is 9. The first kappa shape index (κ1) is 62.3. The molecule has 0 saturated carbocycles. The van der Waals surface area contributed by atoms with E-state index in [9.17, 15) is 0 Å². The van der Waals surface area contributed by atoms with Crippen molar-refractivity contribution in [2.45, 2.75) is 145 Å². The minimum atomic E-state index is 0.588. The summed E-state index contributed by atoms with van der Waals surface area (Å²) in [5, 5.41) is 0. The van der Waals surface area contributed by atoms with Crippen molar-refractivity contribution in [3.63, 3.8) is 0 Å². The van der Waals surface area contributed by atoms with E-state index < -0.39 is 0 Å². The van der Waals surface area contributed by atoms with Crippen molar-refractivity contribution in [1.82, 2.24) is 0 Å². The standard InChI is InChI=1S/C10H14.3C9H12.3C8H10.2C7H8/c1-7-5-8(2)10(4)9(3)6-7;1-7-4-8(2)6-9(3)5-7;1-7-4-5-8(2)9(3)6-7;1-7-5-4-6-8(2)9(7)3;1-7-3-5-8(2)6-4-7;1-7-4-3-5-8(2)6-7;1-7-5-3-4-6-8(7)2;2*1-7-5-3-2-4-6-7/h5-6H,1-4H3;3*4-6H,1-3H3;3*3-6H,1-2H3;2*2-6H,1H3/i;;;;;;;5D;3D. The average molecular weight is 1000 g/mol. The van der Waals surface area contributed by atoms with Crippen LogP contribution in [0.15, 0.2) is 200 Å². The molecule has 9 aromatic carbocycles. The van der Waals surface area contributed by atoms with Crippen molar-refractivity contribution in [2.75, 3.05) is 0 Å². The monoisotopic (exact) mass is 999 g/mol. The maximum absolute atomic E-state index is 7.22. The second-order valence-corrected chi connectivity index (χ2v) is 20.3. The fourth-order valence-electron chi connectivity index (χ4n) is 7.32. The van der Waals surface area contributed by atoms with E-state index >= 15 is 0 Å². The minimum Gasteiger partial charge on any atom is -0.0622 e. The lowest BCUT2D eigenvalue weighted by atomic mass is 10.0. The molecule has 0 heterocycles. The Bertz CT molecular complexity index is 2820. The third-order valence-corrected chi connectivity index (χ3v) is 12.5. The SMILES string of the molecule is Cc1cc(C)c(C)c(C)c1.Cc1cc(C)cc(C)c1.Cc1ccc(C)c(C)c1.Cc1ccc(C)cc1.Cc1cccc(C)c1.Cc1cccc(C)c1C.Cc1ccccc1C.[2H]c1cccc(C)c1.[2H]c1ccccc1C. The van der Waals surface area contributed by atoms with Gasteiger partial charge in [-0.25, -0.2) is 0 Å². The number of hydrogen-bond donors (Lipinski definition) is 0. The first-order valence-electron chi connectivity index (χ1n) is 27.5. The second-order valence-electron chi connectivity index (χ2n) is 20.3. The summed E-state index contributed by atoms with van der Waals surface area (Å²) < 4.78 is 14.4. The molecule has 0 saturated heterocycles. The van der Waals surface area contributed by atoms with E-state index in [0.717, 1.165) is 11.1 Å². The lowest BCUT2D eigenvalue weighted by molar-refractivity contribution is 1.23. The smallest absolute Gasteiger partial charge is 0.0622 e. The normalized spacial score (nSPS) is 9.77. The molecule has 396 valence electrons. The zero-order valence-corrected chi connectivity index (χ0v) is 50.4. The molecule has 0 unspecified atom stereocenters.